The van der Waals surface area contributed by atoms with Crippen LogP contribution < -0.4 is 5.32 Å². The average Bonchev–Trinajstić information content (AvgIpc) is 2.58. The van der Waals surface area contributed by atoms with Crippen molar-refractivity contribution in [3.63, 3.8) is 0 Å². The highest BCUT2D eigenvalue weighted by Crippen LogP contribution is 2.16. The van der Waals surface area contributed by atoms with E-state index in [1.54, 1.807) is 23.0 Å². The van der Waals surface area contributed by atoms with Crippen molar-refractivity contribution >= 4 is 11.3 Å². The van der Waals surface area contributed by atoms with Crippen LogP contribution in [0.3, 0.4) is 0 Å². The van der Waals surface area contributed by atoms with E-state index in [0.717, 1.165) is 11.4 Å². The molecular weight excluding hydrogens is 184 g/mol. The van der Waals surface area contributed by atoms with Crippen LogP contribution in [0.4, 0.5) is 0 Å². The number of aromatic nitrogens is 1. The molecule has 1 rings (SSSR count). The highest BCUT2D eigenvalue weighted by atomic mass is 32.1. The first-order chi connectivity index (χ1) is 6.24. The van der Waals surface area contributed by atoms with Crippen LogP contribution in [0.25, 0.3) is 0 Å². The van der Waals surface area contributed by atoms with Crippen molar-refractivity contribution < 1.29 is 5.11 Å². The second-order valence-corrected chi connectivity index (χ2v) is 4.36. The van der Waals surface area contributed by atoms with E-state index in [-0.39, 0.29) is 12.6 Å². The molecule has 1 aromatic heterocycles. The summed E-state index contributed by atoms with van der Waals surface area (Å²) in [5, 5.41) is 12.4. The van der Waals surface area contributed by atoms with Crippen molar-refractivity contribution in [2.24, 2.45) is 5.92 Å². The number of rotatable bonds is 5. The molecule has 0 spiro atoms. The molecule has 0 aliphatic rings. The summed E-state index contributed by atoms with van der Waals surface area (Å²) in [5.41, 5.74) is 1.79. The maximum Gasteiger partial charge on any atom is 0.0794 e. The number of aliphatic hydroxyl groups is 1. The first-order valence-electron chi connectivity index (χ1n) is 4.46. The minimum atomic E-state index is 0.0508. The van der Waals surface area contributed by atoms with Crippen LogP contribution >= 0.6 is 11.3 Å². The topological polar surface area (TPSA) is 45.1 Å². The molecule has 3 nitrogen and oxygen atoms in total. The van der Waals surface area contributed by atoms with Gasteiger partial charge in [-0.05, 0) is 12.5 Å². The fraction of sp³-hybridized carbons (Fsp3) is 0.667. The fourth-order valence-corrected chi connectivity index (χ4v) is 1.72. The zero-order valence-electron chi connectivity index (χ0n) is 8.03. The molecule has 0 amide bonds. The number of thiazole rings is 1. The van der Waals surface area contributed by atoms with E-state index >= 15 is 0 Å². The quantitative estimate of drug-likeness (QED) is 0.755. The largest absolute Gasteiger partial charge is 0.394 e. The van der Waals surface area contributed by atoms with E-state index in [0.29, 0.717) is 5.92 Å². The van der Waals surface area contributed by atoms with Gasteiger partial charge in [-0.1, -0.05) is 13.8 Å². The van der Waals surface area contributed by atoms with Crippen LogP contribution in [-0.4, -0.2) is 23.2 Å². The Kier molecular flexibility index (Phi) is 4.35. The first-order valence-corrected chi connectivity index (χ1v) is 5.34. The van der Waals surface area contributed by atoms with Crippen molar-refractivity contribution in [1.29, 1.82) is 0 Å². The molecule has 0 saturated heterocycles. The molecule has 0 radical (unpaired) electrons. The number of nitrogens with one attached hydrogen (secondary N) is 1. The summed E-state index contributed by atoms with van der Waals surface area (Å²) in [6.45, 7) is 5.35. The molecule has 0 fully saturated rings. The summed E-state index contributed by atoms with van der Waals surface area (Å²) in [7, 11) is 0. The van der Waals surface area contributed by atoms with Gasteiger partial charge in [0.25, 0.3) is 0 Å². The second-order valence-electron chi connectivity index (χ2n) is 3.44. The molecule has 0 aromatic carbocycles. The summed E-state index contributed by atoms with van der Waals surface area (Å²) in [6, 6.07) is 0.0508. The SMILES string of the molecule is CC(C)CNC(CO)c1cncs1. The molecule has 13 heavy (non-hydrogen) atoms. The Bertz CT molecular complexity index is 224. The van der Waals surface area contributed by atoms with Crippen molar-refractivity contribution in [3.05, 3.63) is 16.6 Å². The standard InChI is InChI=1S/C9H16N2OS/c1-7(2)3-11-8(5-12)9-4-10-6-13-9/h4,6-8,11-12H,3,5H2,1-2H3. The number of aliphatic hydroxyl groups excluding tert-OH is 1. The van der Waals surface area contributed by atoms with Crippen LogP contribution in [0, 0.1) is 5.92 Å². The zero-order chi connectivity index (χ0) is 9.68. The van der Waals surface area contributed by atoms with Crippen molar-refractivity contribution in [2.45, 2.75) is 19.9 Å². The summed E-state index contributed by atoms with van der Waals surface area (Å²) >= 11 is 1.57. The van der Waals surface area contributed by atoms with E-state index in [2.05, 4.69) is 24.1 Å². The van der Waals surface area contributed by atoms with Gasteiger partial charge in [0.15, 0.2) is 0 Å². The van der Waals surface area contributed by atoms with Gasteiger partial charge in [0, 0.05) is 11.1 Å². The van der Waals surface area contributed by atoms with Gasteiger partial charge in [-0.3, -0.25) is 4.98 Å². The van der Waals surface area contributed by atoms with Crippen LogP contribution in [0.2, 0.25) is 0 Å². The Morgan fingerprint density at radius 1 is 1.62 bits per heavy atom. The van der Waals surface area contributed by atoms with E-state index in [9.17, 15) is 0 Å². The molecule has 2 N–H and O–H groups in total. The van der Waals surface area contributed by atoms with Gasteiger partial charge in [0.2, 0.25) is 0 Å². The Hall–Kier alpha value is -0.450. The van der Waals surface area contributed by atoms with Crippen molar-refractivity contribution in [2.75, 3.05) is 13.2 Å². The molecule has 4 heteroatoms. The minimum Gasteiger partial charge on any atom is -0.394 e. The molecule has 1 aromatic rings. The maximum atomic E-state index is 9.13. The lowest BCUT2D eigenvalue weighted by molar-refractivity contribution is 0.242. The fourth-order valence-electron chi connectivity index (χ4n) is 1.03. The van der Waals surface area contributed by atoms with Crippen LogP contribution in [0.15, 0.2) is 11.7 Å². The van der Waals surface area contributed by atoms with E-state index in [1.807, 2.05) is 0 Å². The molecule has 0 aliphatic carbocycles. The molecule has 1 heterocycles. The Morgan fingerprint density at radius 3 is 2.85 bits per heavy atom. The van der Waals surface area contributed by atoms with Gasteiger partial charge < -0.3 is 10.4 Å². The average molecular weight is 200 g/mol. The number of hydrogen-bond donors (Lipinski definition) is 2. The van der Waals surface area contributed by atoms with E-state index in [1.165, 1.54) is 0 Å². The Morgan fingerprint density at radius 2 is 2.38 bits per heavy atom. The Balaban J connectivity index is 2.44. The molecule has 0 bridgehead atoms. The predicted octanol–water partition coefficient (Wildman–Crippen LogP) is 1.42. The third-order valence-electron chi connectivity index (χ3n) is 1.75. The van der Waals surface area contributed by atoms with Gasteiger partial charge >= 0.3 is 0 Å². The summed E-state index contributed by atoms with van der Waals surface area (Å²) in [5.74, 6) is 0.599. The van der Waals surface area contributed by atoms with Gasteiger partial charge in [-0.25, -0.2) is 0 Å². The highest BCUT2D eigenvalue weighted by Gasteiger charge is 2.11. The van der Waals surface area contributed by atoms with E-state index in [4.69, 9.17) is 5.11 Å². The van der Waals surface area contributed by atoms with Crippen molar-refractivity contribution in [1.82, 2.24) is 10.3 Å². The first kappa shape index (κ1) is 10.6. The normalized spacial score (nSPS) is 13.5. The maximum absolute atomic E-state index is 9.13. The third kappa shape index (κ3) is 3.42. The van der Waals surface area contributed by atoms with Crippen LogP contribution in [-0.2, 0) is 0 Å². The summed E-state index contributed by atoms with van der Waals surface area (Å²) in [6.07, 6.45) is 1.80. The molecular formula is C9H16N2OS. The van der Waals surface area contributed by atoms with Gasteiger partial charge in [-0.2, -0.15) is 0 Å². The van der Waals surface area contributed by atoms with Gasteiger partial charge in [0.05, 0.1) is 18.2 Å². The number of hydrogen-bond acceptors (Lipinski definition) is 4. The monoisotopic (exact) mass is 200 g/mol. The number of nitrogens with zero attached hydrogens (tertiary/aromatic N) is 1. The van der Waals surface area contributed by atoms with Crippen LogP contribution in [0.5, 0.6) is 0 Å². The van der Waals surface area contributed by atoms with Crippen molar-refractivity contribution in [3.8, 4) is 0 Å². The lowest BCUT2D eigenvalue weighted by Gasteiger charge is -2.15. The molecule has 0 aliphatic heterocycles. The zero-order valence-corrected chi connectivity index (χ0v) is 8.84. The lowest BCUT2D eigenvalue weighted by atomic mass is 10.2. The van der Waals surface area contributed by atoms with E-state index < -0.39 is 0 Å². The highest BCUT2D eigenvalue weighted by molar-refractivity contribution is 7.09. The van der Waals surface area contributed by atoms with Gasteiger partial charge in [-0.15, -0.1) is 11.3 Å². The summed E-state index contributed by atoms with van der Waals surface area (Å²) < 4.78 is 0. The smallest absolute Gasteiger partial charge is 0.0794 e. The third-order valence-corrected chi connectivity index (χ3v) is 2.64. The van der Waals surface area contributed by atoms with Crippen LogP contribution in [0.1, 0.15) is 24.8 Å². The lowest BCUT2D eigenvalue weighted by Crippen LogP contribution is -2.27. The molecule has 1 atom stereocenters. The summed E-state index contributed by atoms with van der Waals surface area (Å²) in [4.78, 5) is 5.09. The molecule has 1 unspecified atom stereocenters. The predicted molar refractivity (Wildman–Crippen MR) is 54.8 cm³/mol. The molecule has 74 valence electrons. The molecule has 0 saturated carbocycles. The van der Waals surface area contributed by atoms with Gasteiger partial charge in [0.1, 0.15) is 0 Å². The second kappa shape index (κ2) is 5.32. The minimum absolute atomic E-state index is 0.0508. The Labute approximate surface area is 82.8 Å².